The van der Waals surface area contributed by atoms with Crippen LogP contribution in [-0.4, -0.2) is 42.2 Å². The van der Waals surface area contributed by atoms with Crippen LogP contribution < -0.4 is 14.8 Å². The molecule has 0 aliphatic carbocycles. The fraction of sp³-hybridized carbons (Fsp3) is 0.176. The van der Waals surface area contributed by atoms with Crippen molar-refractivity contribution in [1.82, 2.24) is 9.97 Å². The monoisotopic (exact) mass is 561 g/mol. The Morgan fingerprint density at radius 1 is 0.714 bits per heavy atom. The topological polar surface area (TPSA) is 99.6 Å². The van der Waals surface area contributed by atoms with E-state index in [1.807, 2.05) is 62.4 Å². The van der Waals surface area contributed by atoms with Crippen molar-refractivity contribution >= 4 is 28.6 Å². The fourth-order valence-corrected chi connectivity index (χ4v) is 4.42. The van der Waals surface area contributed by atoms with Gasteiger partial charge in [0.15, 0.2) is 6.10 Å². The molecule has 0 aliphatic rings. The van der Waals surface area contributed by atoms with E-state index in [2.05, 4.69) is 5.32 Å². The van der Waals surface area contributed by atoms with Crippen LogP contribution in [0.25, 0.3) is 33.5 Å². The summed E-state index contributed by atoms with van der Waals surface area (Å²) in [7, 11) is 3.03. The maximum atomic E-state index is 13.1. The minimum absolute atomic E-state index is 0.261. The van der Waals surface area contributed by atoms with Gasteiger partial charge in [-0.25, -0.2) is 14.8 Å². The third-order valence-electron chi connectivity index (χ3n) is 6.87. The van der Waals surface area contributed by atoms with Gasteiger partial charge >= 0.3 is 5.97 Å². The van der Waals surface area contributed by atoms with Gasteiger partial charge in [-0.1, -0.05) is 59.7 Å². The number of aryl methyl sites for hydroxylation is 2. The van der Waals surface area contributed by atoms with E-state index in [0.717, 1.165) is 27.9 Å². The first kappa shape index (κ1) is 28.3. The summed E-state index contributed by atoms with van der Waals surface area (Å²) < 4.78 is 16.0. The van der Waals surface area contributed by atoms with Crippen molar-refractivity contribution in [2.45, 2.75) is 26.9 Å². The summed E-state index contributed by atoms with van der Waals surface area (Å²) in [5.74, 6) is -0.150. The summed E-state index contributed by atoms with van der Waals surface area (Å²) >= 11 is 0. The lowest BCUT2D eigenvalue weighted by atomic mass is 10.0. The molecule has 4 aromatic carbocycles. The van der Waals surface area contributed by atoms with Gasteiger partial charge in [0, 0.05) is 17.2 Å². The van der Waals surface area contributed by atoms with Crippen molar-refractivity contribution in [3.63, 3.8) is 0 Å². The third kappa shape index (κ3) is 6.07. The number of benzene rings is 4. The van der Waals surface area contributed by atoms with E-state index in [9.17, 15) is 9.59 Å². The van der Waals surface area contributed by atoms with Gasteiger partial charge in [0.05, 0.1) is 47.9 Å². The molecular weight excluding hydrogens is 530 g/mol. The van der Waals surface area contributed by atoms with Crippen LogP contribution in [0.4, 0.5) is 5.69 Å². The number of hydrogen-bond acceptors (Lipinski definition) is 7. The summed E-state index contributed by atoms with van der Waals surface area (Å²) in [6.07, 6.45) is -1.07. The SMILES string of the molecule is COc1ccc(NC(=O)C(C)OC(=O)c2ccc3nc(-c4ccc(C)cc4)c(-c4ccc(C)cc4)nc3c2)c(OC)c1. The van der Waals surface area contributed by atoms with Crippen LogP contribution in [0.5, 0.6) is 11.5 Å². The Kier molecular flexibility index (Phi) is 8.15. The van der Waals surface area contributed by atoms with Crippen molar-refractivity contribution in [2.75, 3.05) is 19.5 Å². The molecule has 1 amide bonds. The van der Waals surface area contributed by atoms with Crippen LogP contribution in [0.1, 0.15) is 28.4 Å². The molecule has 0 aliphatic heterocycles. The number of anilines is 1. The molecule has 1 aromatic heterocycles. The average Bonchev–Trinajstić information content (AvgIpc) is 3.01. The van der Waals surface area contributed by atoms with Crippen LogP contribution >= 0.6 is 0 Å². The molecule has 1 heterocycles. The lowest BCUT2D eigenvalue weighted by Gasteiger charge is -2.16. The highest BCUT2D eigenvalue weighted by Crippen LogP contribution is 2.32. The molecule has 0 bridgehead atoms. The highest BCUT2D eigenvalue weighted by molar-refractivity contribution is 5.99. The van der Waals surface area contributed by atoms with E-state index in [-0.39, 0.29) is 5.56 Å². The number of rotatable bonds is 8. The number of fused-ring (bicyclic) bond motifs is 1. The number of aromatic nitrogens is 2. The van der Waals surface area contributed by atoms with Crippen molar-refractivity contribution in [3.8, 4) is 34.0 Å². The molecule has 1 atom stereocenters. The molecule has 0 saturated carbocycles. The maximum Gasteiger partial charge on any atom is 0.338 e. The highest BCUT2D eigenvalue weighted by atomic mass is 16.5. The number of carbonyl (C=O) groups is 2. The second-order valence-electron chi connectivity index (χ2n) is 9.96. The number of methoxy groups -OCH3 is 2. The first-order valence-corrected chi connectivity index (χ1v) is 13.5. The van der Waals surface area contributed by atoms with Gasteiger partial charge in [-0.05, 0) is 51.1 Å². The third-order valence-corrected chi connectivity index (χ3v) is 6.87. The number of ether oxygens (including phenoxy) is 3. The molecular formula is C34H31N3O5. The minimum Gasteiger partial charge on any atom is -0.497 e. The zero-order chi connectivity index (χ0) is 29.8. The summed E-state index contributed by atoms with van der Waals surface area (Å²) in [5.41, 5.74) is 7.47. The van der Waals surface area contributed by atoms with Crippen LogP contribution in [0.2, 0.25) is 0 Å². The predicted octanol–water partition coefficient (Wildman–Crippen LogP) is 6.78. The fourth-order valence-electron chi connectivity index (χ4n) is 4.42. The Balaban J connectivity index is 1.42. The molecule has 42 heavy (non-hydrogen) atoms. The Bertz CT molecular complexity index is 1770. The molecule has 1 unspecified atom stereocenters. The minimum atomic E-state index is -1.07. The zero-order valence-corrected chi connectivity index (χ0v) is 24.1. The van der Waals surface area contributed by atoms with Crippen LogP contribution in [0.3, 0.4) is 0 Å². The quantitative estimate of drug-likeness (QED) is 0.208. The van der Waals surface area contributed by atoms with Crippen LogP contribution in [0, 0.1) is 13.8 Å². The lowest BCUT2D eigenvalue weighted by molar-refractivity contribution is -0.123. The van der Waals surface area contributed by atoms with Gasteiger partial charge in [0.2, 0.25) is 0 Å². The summed E-state index contributed by atoms with van der Waals surface area (Å²) in [6.45, 7) is 5.58. The molecule has 8 nitrogen and oxygen atoms in total. The van der Waals surface area contributed by atoms with E-state index >= 15 is 0 Å². The molecule has 212 valence electrons. The van der Waals surface area contributed by atoms with Gasteiger partial charge in [0.25, 0.3) is 5.91 Å². The van der Waals surface area contributed by atoms with Crippen molar-refractivity contribution in [1.29, 1.82) is 0 Å². The number of nitrogens with one attached hydrogen (secondary N) is 1. The lowest BCUT2D eigenvalue weighted by Crippen LogP contribution is -2.30. The van der Waals surface area contributed by atoms with Crippen molar-refractivity contribution in [3.05, 3.63) is 102 Å². The van der Waals surface area contributed by atoms with Gasteiger partial charge in [-0.15, -0.1) is 0 Å². The maximum absolute atomic E-state index is 13.1. The summed E-state index contributed by atoms with van der Waals surface area (Å²) in [5, 5.41) is 2.73. The first-order valence-electron chi connectivity index (χ1n) is 13.5. The normalized spacial score (nSPS) is 11.5. The number of hydrogen-bond donors (Lipinski definition) is 1. The van der Waals surface area contributed by atoms with E-state index in [1.165, 1.54) is 14.0 Å². The molecule has 0 fully saturated rings. The second kappa shape index (κ2) is 12.1. The highest BCUT2D eigenvalue weighted by Gasteiger charge is 2.22. The summed E-state index contributed by atoms with van der Waals surface area (Å²) in [6, 6.07) is 26.2. The Morgan fingerprint density at radius 2 is 1.31 bits per heavy atom. The molecule has 5 rings (SSSR count). The molecule has 0 saturated heterocycles. The molecule has 8 heteroatoms. The summed E-state index contributed by atoms with van der Waals surface area (Å²) in [4.78, 5) is 35.8. The van der Waals surface area contributed by atoms with Gasteiger partial charge in [-0.3, -0.25) is 4.79 Å². The number of nitrogens with zero attached hydrogens (tertiary/aromatic N) is 2. The number of amides is 1. The van der Waals surface area contributed by atoms with Gasteiger partial charge in [0.1, 0.15) is 11.5 Å². The smallest absolute Gasteiger partial charge is 0.338 e. The Morgan fingerprint density at radius 3 is 1.88 bits per heavy atom. The molecule has 0 radical (unpaired) electrons. The van der Waals surface area contributed by atoms with Gasteiger partial charge in [-0.2, -0.15) is 0 Å². The van der Waals surface area contributed by atoms with Crippen molar-refractivity contribution < 1.29 is 23.8 Å². The number of carbonyl (C=O) groups excluding carboxylic acids is 2. The van der Waals surface area contributed by atoms with E-state index in [1.54, 1.807) is 43.5 Å². The Labute approximate surface area is 244 Å². The van der Waals surface area contributed by atoms with E-state index < -0.39 is 18.0 Å². The number of esters is 1. The second-order valence-corrected chi connectivity index (χ2v) is 9.96. The largest absolute Gasteiger partial charge is 0.497 e. The zero-order valence-electron chi connectivity index (χ0n) is 24.1. The van der Waals surface area contributed by atoms with Crippen LogP contribution in [0.15, 0.2) is 84.9 Å². The van der Waals surface area contributed by atoms with E-state index in [0.29, 0.717) is 33.9 Å². The predicted molar refractivity (Wildman–Crippen MR) is 163 cm³/mol. The first-order chi connectivity index (χ1) is 20.2. The van der Waals surface area contributed by atoms with E-state index in [4.69, 9.17) is 24.2 Å². The molecule has 0 spiro atoms. The Hall–Kier alpha value is -5.24. The molecule has 1 N–H and O–H groups in total. The van der Waals surface area contributed by atoms with Gasteiger partial charge < -0.3 is 19.5 Å². The van der Waals surface area contributed by atoms with Crippen molar-refractivity contribution in [2.24, 2.45) is 0 Å². The van der Waals surface area contributed by atoms with Crippen LogP contribution in [-0.2, 0) is 9.53 Å². The standard InChI is InChI=1S/C34H31N3O5/c1-20-6-10-23(11-7-20)31-32(24-12-8-21(2)9-13-24)36-29-18-25(14-16-27(29)35-31)34(39)42-22(3)33(38)37-28-17-15-26(40-4)19-30(28)41-5/h6-19,22H,1-5H3,(H,37,38). The molecule has 5 aromatic rings. The average molecular weight is 562 g/mol.